The Balaban J connectivity index is 1.56. The molecule has 1 aromatic carbocycles. The first-order valence-corrected chi connectivity index (χ1v) is 8.64. The second kappa shape index (κ2) is 7.11. The van der Waals surface area contributed by atoms with E-state index in [2.05, 4.69) is 10.1 Å². The van der Waals surface area contributed by atoms with E-state index in [4.69, 9.17) is 0 Å². The van der Waals surface area contributed by atoms with Crippen LogP contribution in [0.4, 0.5) is 4.39 Å². The van der Waals surface area contributed by atoms with Crippen LogP contribution in [0.2, 0.25) is 0 Å². The number of hydrogen-bond donors (Lipinski definition) is 0. The summed E-state index contributed by atoms with van der Waals surface area (Å²) in [5.41, 5.74) is 2.51. The van der Waals surface area contributed by atoms with Crippen LogP contribution >= 0.6 is 0 Å². The number of amides is 1. The lowest BCUT2D eigenvalue weighted by Gasteiger charge is -2.28. The fourth-order valence-corrected chi connectivity index (χ4v) is 3.19. The third-order valence-corrected chi connectivity index (χ3v) is 4.56. The third-order valence-electron chi connectivity index (χ3n) is 4.56. The molecule has 7 heteroatoms. The van der Waals surface area contributed by atoms with Crippen LogP contribution < -0.4 is 5.56 Å². The largest absolute Gasteiger partial charge is 0.334 e. The van der Waals surface area contributed by atoms with Gasteiger partial charge in [0.1, 0.15) is 5.82 Å². The molecule has 0 radical (unpaired) electrons. The van der Waals surface area contributed by atoms with Gasteiger partial charge in [-0.25, -0.2) is 9.07 Å². The van der Waals surface area contributed by atoms with Gasteiger partial charge in [-0.2, -0.15) is 5.10 Å². The van der Waals surface area contributed by atoms with Gasteiger partial charge in [0.05, 0.1) is 12.2 Å². The number of carbonyl (C=O) groups excluding carboxylic acids is 1. The Labute approximate surface area is 154 Å². The van der Waals surface area contributed by atoms with Crippen molar-refractivity contribution in [3.63, 3.8) is 0 Å². The van der Waals surface area contributed by atoms with Gasteiger partial charge in [0, 0.05) is 49.1 Å². The summed E-state index contributed by atoms with van der Waals surface area (Å²) in [6.07, 6.45) is 3.92. The van der Waals surface area contributed by atoms with Crippen molar-refractivity contribution in [2.45, 2.75) is 19.5 Å². The van der Waals surface area contributed by atoms with E-state index in [-0.39, 0.29) is 11.5 Å². The smallest absolute Gasteiger partial charge is 0.267 e. The number of pyridine rings is 1. The normalized spacial score (nSPS) is 13.3. The molecule has 4 rings (SSSR count). The van der Waals surface area contributed by atoms with Crippen LogP contribution in [0.25, 0.3) is 0 Å². The van der Waals surface area contributed by atoms with Crippen LogP contribution in [0.5, 0.6) is 0 Å². The average Bonchev–Trinajstić information content (AvgIpc) is 2.68. The predicted molar refractivity (Wildman–Crippen MR) is 96.7 cm³/mol. The summed E-state index contributed by atoms with van der Waals surface area (Å²) >= 11 is 0. The maximum Gasteiger partial charge on any atom is 0.267 e. The van der Waals surface area contributed by atoms with Gasteiger partial charge >= 0.3 is 0 Å². The van der Waals surface area contributed by atoms with Gasteiger partial charge in [-0.1, -0.05) is 12.1 Å². The summed E-state index contributed by atoms with van der Waals surface area (Å²) in [7, 11) is 0. The summed E-state index contributed by atoms with van der Waals surface area (Å²) in [5.74, 6) is -0.696. The van der Waals surface area contributed by atoms with E-state index in [1.54, 1.807) is 23.4 Å². The first kappa shape index (κ1) is 17.1. The van der Waals surface area contributed by atoms with Crippen molar-refractivity contribution in [1.29, 1.82) is 0 Å². The Bertz CT molecular complexity index is 1050. The Morgan fingerprint density at radius 3 is 2.85 bits per heavy atom. The van der Waals surface area contributed by atoms with E-state index in [0.717, 1.165) is 16.8 Å². The number of benzene rings is 1. The van der Waals surface area contributed by atoms with Crippen LogP contribution in [-0.2, 0) is 19.5 Å². The first-order chi connectivity index (χ1) is 13.1. The molecule has 0 atom stereocenters. The molecule has 1 amide bonds. The highest BCUT2D eigenvalue weighted by Gasteiger charge is 2.24. The lowest BCUT2D eigenvalue weighted by atomic mass is 10.1. The molecule has 0 N–H and O–H groups in total. The minimum atomic E-state index is -0.446. The Morgan fingerprint density at radius 1 is 1.19 bits per heavy atom. The topological polar surface area (TPSA) is 68.1 Å². The maximum absolute atomic E-state index is 13.4. The summed E-state index contributed by atoms with van der Waals surface area (Å²) in [5, 5.41) is 4.47. The highest BCUT2D eigenvalue weighted by Crippen LogP contribution is 2.18. The minimum Gasteiger partial charge on any atom is -0.334 e. The van der Waals surface area contributed by atoms with Gasteiger partial charge in [-0.3, -0.25) is 14.6 Å². The summed E-state index contributed by atoms with van der Waals surface area (Å²) in [6.45, 7) is 1.12. The molecule has 1 aliphatic heterocycles. The number of halogens is 1. The van der Waals surface area contributed by atoms with Gasteiger partial charge in [-0.15, -0.1) is 0 Å². The fraction of sp³-hybridized carbons (Fsp3) is 0.200. The molecule has 0 saturated heterocycles. The molecule has 27 heavy (non-hydrogen) atoms. The first-order valence-electron chi connectivity index (χ1n) is 8.64. The van der Waals surface area contributed by atoms with Crippen LogP contribution in [0.15, 0.2) is 59.7 Å². The highest BCUT2D eigenvalue weighted by molar-refractivity contribution is 5.94. The monoisotopic (exact) mass is 364 g/mol. The van der Waals surface area contributed by atoms with E-state index < -0.39 is 5.82 Å². The number of fused-ring (bicyclic) bond motifs is 1. The predicted octanol–water partition coefficient (Wildman–Crippen LogP) is 2.02. The van der Waals surface area contributed by atoms with Crippen LogP contribution in [0.1, 0.15) is 27.2 Å². The van der Waals surface area contributed by atoms with E-state index in [0.29, 0.717) is 31.6 Å². The lowest BCUT2D eigenvalue weighted by Crippen LogP contribution is -2.38. The van der Waals surface area contributed by atoms with Crippen molar-refractivity contribution >= 4 is 5.91 Å². The Morgan fingerprint density at radius 2 is 2.07 bits per heavy atom. The molecule has 0 fully saturated rings. The third kappa shape index (κ3) is 3.62. The van der Waals surface area contributed by atoms with Crippen LogP contribution in [0, 0.1) is 5.82 Å². The van der Waals surface area contributed by atoms with Gasteiger partial charge in [0.2, 0.25) is 0 Å². The summed E-state index contributed by atoms with van der Waals surface area (Å²) in [4.78, 5) is 30.7. The number of carbonyl (C=O) groups is 1. The molecule has 136 valence electrons. The molecule has 0 spiro atoms. The molecule has 0 aliphatic carbocycles. The average molecular weight is 364 g/mol. The molecule has 0 unspecified atom stereocenters. The van der Waals surface area contributed by atoms with E-state index in [1.807, 2.05) is 12.1 Å². The minimum absolute atomic E-state index is 0.224. The highest BCUT2D eigenvalue weighted by atomic mass is 19.1. The molecular weight excluding hydrogens is 347 g/mol. The van der Waals surface area contributed by atoms with Gasteiger partial charge in [0.25, 0.3) is 11.5 Å². The van der Waals surface area contributed by atoms with Crippen molar-refractivity contribution < 1.29 is 9.18 Å². The second-order valence-electron chi connectivity index (χ2n) is 6.46. The fourth-order valence-electron chi connectivity index (χ4n) is 3.19. The second-order valence-corrected chi connectivity index (χ2v) is 6.46. The van der Waals surface area contributed by atoms with E-state index in [1.165, 1.54) is 28.9 Å². The Hall–Kier alpha value is -3.35. The molecule has 2 aromatic heterocycles. The van der Waals surface area contributed by atoms with Crippen molar-refractivity contribution in [3.05, 3.63) is 93.4 Å². The van der Waals surface area contributed by atoms with Crippen molar-refractivity contribution in [2.75, 3.05) is 6.54 Å². The quantitative estimate of drug-likeness (QED) is 0.713. The van der Waals surface area contributed by atoms with Gasteiger partial charge in [-0.05, 0) is 29.8 Å². The lowest BCUT2D eigenvalue weighted by molar-refractivity contribution is 0.0732. The van der Waals surface area contributed by atoms with Gasteiger partial charge in [0.15, 0.2) is 0 Å². The number of hydrogen-bond acceptors (Lipinski definition) is 4. The number of rotatable bonds is 3. The summed E-state index contributed by atoms with van der Waals surface area (Å²) < 4.78 is 14.8. The van der Waals surface area contributed by atoms with E-state index in [9.17, 15) is 14.0 Å². The molecule has 3 heterocycles. The number of nitrogens with zero attached hydrogens (tertiary/aromatic N) is 4. The van der Waals surface area contributed by atoms with Gasteiger partial charge < -0.3 is 4.90 Å². The van der Waals surface area contributed by atoms with Crippen molar-refractivity contribution in [1.82, 2.24) is 19.7 Å². The van der Waals surface area contributed by atoms with Crippen LogP contribution in [-0.4, -0.2) is 32.1 Å². The molecule has 0 saturated carbocycles. The van der Waals surface area contributed by atoms with Crippen molar-refractivity contribution in [2.24, 2.45) is 0 Å². The standard InChI is InChI=1S/C20H17FN4O2/c21-17-5-1-4-15(9-17)20(27)24-8-6-18-16(13-24)10-19(26)25(23-18)12-14-3-2-7-22-11-14/h1-5,7,9-11H,6,8,12-13H2. The maximum atomic E-state index is 13.4. The van der Waals surface area contributed by atoms with Crippen molar-refractivity contribution in [3.8, 4) is 0 Å². The molecule has 0 bridgehead atoms. The molecule has 6 nitrogen and oxygen atoms in total. The zero-order valence-electron chi connectivity index (χ0n) is 14.5. The number of aromatic nitrogens is 3. The SMILES string of the molecule is O=C(c1cccc(F)c1)N1CCc2nn(Cc3cccnc3)c(=O)cc2C1. The Kier molecular flexibility index (Phi) is 4.50. The zero-order valence-corrected chi connectivity index (χ0v) is 14.5. The molecular formula is C20H17FN4O2. The van der Waals surface area contributed by atoms with Crippen LogP contribution in [0.3, 0.4) is 0 Å². The van der Waals surface area contributed by atoms with E-state index >= 15 is 0 Å². The zero-order chi connectivity index (χ0) is 18.8. The molecule has 1 aliphatic rings. The molecule has 3 aromatic rings. The summed E-state index contributed by atoms with van der Waals surface area (Å²) in [6, 6.07) is 10.9.